The summed E-state index contributed by atoms with van der Waals surface area (Å²) in [6.45, 7) is 0.204. The van der Waals surface area contributed by atoms with Crippen LogP contribution in [0, 0.1) is 12.3 Å². The number of terminal acetylenes is 1. The fourth-order valence-electron chi connectivity index (χ4n) is 3.56. The summed E-state index contributed by atoms with van der Waals surface area (Å²) in [7, 11) is 0. The van der Waals surface area contributed by atoms with Crippen LogP contribution in [0.4, 0.5) is 5.82 Å². The van der Waals surface area contributed by atoms with Gasteiger partial charge < -0.3 is 10.1 Å². The number of ether oxygens (including phenoxy) is 1. The molecule has 1 atom stereocenters. The van der Waals surface area contributed by atoms with E-state index in [1.54, 1.807) is 10.9 Å². The molecule has 0 aliphatic carbocycles. The first-order chi connectivity index (χ1) is 14.2. The molecule has 0 unspecified atom stereocenters. The molecule has 5 rings (SSSR count). The van der Waals surface area contributed by atoms with Gasteiger partial charge in [-0.25, -0.2) is 4.98 Å². The Labute approximate surface area is 171 Å². The highest BCUT2D eigenvalue weighted by molar-refractivity contribution is 7.20. The van der Waals surface area contributed by atoms with E-state index in [2.05, 4.69) is 21.3 Å². The summed E-state index contributed by atoms with van der Waals surface area (Å²) in [5.41, 5.74) is 2.85. The zero-order valence-corrected chi connectivity index (χ0v) is 16.1. The van der Waals surface area contributed by atoms with Crippen molar-refractivity contribution in [3.63, 3.8) is 0 Å². The molecule has 142 valence electrons. The van der Waals surface area contributed by atoms with Crippen LogP contribution in [0.25, 0.3) is 15.3 Å². The summed E-state index contributed by atoms with van der Waals surface area (Å²) in [6, 6.07) is 15.6. The van der Waals surface area contributed by atoms with Crippen molar-refractivity contribution in [2.45, 2.75) is 12.3 Å². The van der Waals surface area contributed by atoms with E-state index in [4.69, 9.17) is 11.2 Å². The van der Waals surface area contributed by atoms with E-state index in [1.807, 2.05) is 48.5 Å². The third kappa shape index (κ3) is 3.13. The molecule has 0 bridgehead atoms. The van der Waals surface area contributed by atoms with Crippen LogP contribution in [0.1, 0.15) is 23.5 Å². The smallest absolute Gasteiger partial charge is 0.226 e. The van der Waals surface area contributed by atoms with Crippen molar-refractivity contribution < 1.29 is 9.53 Å². The van der Waals surface area contributed by atoms with Gasteiger partial charge in [-0.2, -0.15) is 9.78 Å². The van der Waals surface area contributed by atoms with Gasteiger partial charge in [-0.15, -0.1) is 6.42 Å². The number of hydrogen-bond donors (Lipinski definition) is 1. The minimum absolute atomic E-state index is 0.0553. The average molecular weight is 400 g/mol. The van der Waals surface area contributed by atoms with Crippen molar-refractivity contribution in [2.75, 3.05) is 11.9 Å². The lowest BCUT2D eigenvalue weighted by atomic mass is 9.87. The zero-order valence-electron chi connectivity index (χ0n) is 15.3. The van der Waals surface area contributed by atoms with E-state index >= 15 is 0 Å². The lowest BCUT2D eigenvalue weighted by molar-refractivity contribution is -0.116. The fourth-order valence-corrected chi connectivity index (χ4v) is 4.49. The van der Waals surface area contributed by atoms with Crippen molar-refractivity contribution in [3.05, 3.63) is 65.9 Å². The second-order valence-corrected chi connectivity index (χ2v) is 7.70. The number of benzene rings is 2. The second-order valence-electron chi connectivity index (χ2n) is 6.69. The summed E-state index contributed by atoms with van der Waals surface area (Å²) in [6.07, 6.45) is 7.43. The Morgan fingerprint density at radius 1 is 1.28 bits per heavy atom. The SMILES string of the molecule is C#CCOc1cccc([C@H]2CC(=O)Nc3c2cnn3-c2nc3ccccc3s2)c1. The van der Waals surface area contributed by atoms with Crippen LogP contribution in [0.3, 0.4) is 0 Å². The maximum absolute atomic E-state index is 12.5. The van der Waals surface area contributed by atoms with E-state index < -0.39 is 0 Å². The minimum Gasteiger partial charge on any atom is -0.481 e. The van der Waals surface area contributed by atoms with Gasteiger partial charge in [0.15, 0.2) is 0 Å². The van der Waals surface area contributed by atoms with E-state index in [9.17, 15) is 4.79 Å². The first-order valence-electron chi connectivity index (χ1n) is 9.13. The van der Waals surface area contributed by atoms with Crippen LogP contribution in [-0.4, -0.2) is 27.3 Å². The first-order valence-corrected chi connectivity index (χ1v) is 9.94. The topological polar surface area (TPSA) is 69.0 Å². The number of aromatic nitrogens is 3. The van der Waals surface area contributed by atoms with Crippen LogP contribution < -0.4 is 10.1 Å². The Hall–Kier alpha value is -3.63. The van der Waals surface area contributed by atoms with Gasteiger partial charge in [0.2, 0.25) is 11.0 Å². The van der Waals surface area contributed by atoms with E-state index in [0.29, 0.717) is 18.0 Å². The van der Waals surface area contributed by atoms with Crippen LogP contribution in [-0.2, 0) is 4.79 Å². The Bertz CT molecular complexity index is 1230. The minimum atomic E-state index is -0.115. The fraction of sp³-hybridized carbons (Fsp3) is 0.136. The van der Waals surface area contributed by atoms with Gasteiger partial charge in [0.1, 0.15) is 18.2 Å². The highest BCUT2D eigenvalue weighted by Gasteiger charge is 2.31. The Kier molecular flexibility index (Phi) is 4.26. The molecule has 2 aromatic heterocycles. The van der Waals surface area contributed by atoms with Gasteiger partial charge in [-0.1, -0.05) is 41.5 Å². The molecule has 1 N–H and O–H groups in total. The van der Waals surface area contributed by atoms with E-state index in [-0.39, 0.29) is 18.4 Å². The predicted octanol–water partition coefficient (Wildman–Crippen LogP) is 3.97. The van der Waals surface area contributed by atoms with Crippen LogP contribution in [0.5, 0.6) is 5.75 Å². The molecule has 1 amide bonds. The summed E-state index contributed by atoms with van der Waals surface area (Å²) >= 11 is 1.54. The average Bonchev–Trinajstić information content (AvgIpc) is 3.35. The van der Waals surface area contributed by atoms with Crippen LogP contribution in [0.2, 0.25) is 0 Å². The largest absolute Gasteiger partial charge is 0.481 e. The van der Waals surface area contributed by atoms with Crippen molar-refractivity contribution in [1.82, 2.24) is 14.8 Å². The molecule has 3 heterocycles. The van der Waals surface area contributed by atoms with Crippen molar-refractivity contribution in [2.24, 2.45) is 0 Å². The number of amides is 1. The molecule has 0 spiro atoms. The quantitative estimate of drug-likeness (QED) is 0.527. The number of hydrogen-bond acceptors (Lipinski definition) is 5. The molecule has 0 fully saturated rings. The van der Waals surface area contributed by atoms with Gasteiger partial charge >= 0.3 is 0 Å². The molecular weight excluding hydrogens is 384 g/mol. The lowest BCUT2D eigenvalue weighted by Crippen LogP contribution is -2.24. The maximum Gasteiger partial charge on any atom is 0.226 e. The monoisotopic (exact) mass is 400 g/mol. The normalized spacial score (nSPS) is 15.6. The van der Waals surface area contributed by atoms with E-state index in [1.165, 1.54) is 11.3 Å². The Balaban J connectivity index is 1.56. The van der Waals surface area contributed by atoms with Crippen molar-refractivity contribution >= 4 is 33.3 Å². The number of para-hydroxylation sites is 1. The lowest BCUT2D eigenvalue weighted by Gasteiger charge is -2.23. The zero-order chi connectivity index (χ0) is 19.8. The van der Waals surface area contributed by atoms with E-state index in [0.717, 1.165) is 26.5 Å². The molecule has 0 saturated heterocycles. The number of carbonyl (C=O) groups is 1. The number of fused-ring (bicyclic) bond motifs is 2. The summed E-state index contributed by atoms with van der Waals surface area (Å²) in [5, 5.41) is 8.23. The molecule has 7 heteroatoms. The number of anilines is 1. The number of nitrogens with zero attached hydrogens (tertiary/aromatic N) is 3. The number of thiazole rings is 1. The van der Waals surface area contributed by atoms with Crippen molar-refractivity contribution in [1.29, 1.82) is 0 Å². The summed E-state index contributed by atoms with van der Waals surface area (Å²) in [4.78, 5) is 17.2. The number of nitrogens with one attached hydrogen (secondary N) is 1. The molecule has 0 saturated carbocycles. The van der Waals surface area contributed by atoms with Crippen molar-refractivity contribution in [3.8, 4) is 23.2 Å². The first kappa shape index (κ1) is 17.5. The third-order valence-electron chi connectivity index (χ3n) is 4.87. The van der Waals surface area contributed by atoms with Gasteiger partial charge in [-0.3, -0.25) is 4.79 Å². The molecule has 29 heavy (non-hydrogen) atoms. The highest BCUT2D eigenvalue weighted by atomic mass is 32.1. The van der Waals surface area contributed by atoms with Gasteiger partial charge in [-0.05, 0) is 29.8 Å². The highest BCUT2D eigenvalue weighted by Crippen LogP contribution is 2.39. The molecule has 0 radical (unpaired) electrons. The maximum atomic E-state index is 12.5. The summed E-state index contributed by atoms with van der Waals surface area (Å²) < 4.78 is 8.33. The predicted molar refractivity (Wildman–Crippen MR) is 113 cm³/mol. The molecule has 2 aromatic carbocycles. The number of carbonyl (C=O) groups excluding carboxylic acids is 1. The van der Waals surface area contributed by atoms with Gasteiger partial charge in [0.25, 0.3) is 0 Å². The van der Waals surface area contributed by atoms with Gasteiger partial charge in [0.05, 0.1) is 16.4 Å². The van der Waals surface area contributed by atoms with Crippen LogP contribution >= 0.6 is 11.3 Å². The third-order valence-corrected chi connectivity index (χ3v) is 5.88. The van der Waals surface area contributed by atoms with Crippen LogP contribution in [0.15, 0.2) is 54.7 Å². The molecule has 4 aromatic rings. The molecular formula is C22H16N4O2S. The summed E-state index contributed by atoms with van der Waals surface area (Å²) in [5.74, 6) is 3.65. The molecule has 1 aliphatic rings. The Morgan fingerprint density at radius 2 is 2.17 bits per heavy atom. The Morgan fingerprint density at radius 3 is 3.03 bits per heavy atom. The van der Waals surface area contributed by atoms with Gasteiger partial charge in [0, 0.05) is 17.9 Å². The molecule has 1 aliphatic heterocycles. The molecule has 6 nitrogen and oxygen atoms in total. The second kappa shape index (κ2) is 7.08. The number of rotatable bonds is 4. The standard InChI is InChI=1S/C22H16N4O2S/c1-2-10-28-15-7-5-6-14(11-15)16-12-20(27)25-21-17(16)13-23-26(21)22-24-18-8-3-4-9-19(18)29-22/h1,3-9,11,13,16H,10,12H2,(H,25,27)/t16-/m1/s1.